The van der Waals surface area contributed by atoms with Gasteiger partial charge in [-0.05, 0) is 29.8 Å². The maximum absolute atomic E-state index is 6.65. The van der Waals surface area contributed by atoms with Gasteiger partial charge in [0.05, 0.1) is 6.57 Å². The Morgan fingerprint density at radius 1 is 0.909 bits per heavy atom. The van der Waals surface area contributed by atoms with E-state index in [0.29, 0.717) is 33.7 Å². The maximum atomic E-state index is 6.65. The molecule has 4 nitrogen and oxygen atoms in total. The number of nitrogen functional groups attached to an aromatic ring is 2. The smallest absolute Gasteiger partial charge is 0.205 e. The molecule has 0 heterocycles. The molecule has 0 aliphatic rings. The fourth-order valence-corrected chi connectivity index (χ4v) is 1.84. The van der Waals surface area contributed by atoms with Crippen LogP contribution in [0.5, 0.6) is 0 Å². The maximum Gasteiger partial charge on any atom is 0.205 e. The van der Waals surface area contributed by atoms with Crippen molar-refractivity contribution in [2.75, 3.05) is 11.5 Å². The molecule has 0 fully saturated rings. The zero-order valence-corrected chi connectivity index (χ0v) is 12.1. The van der Waals surface area contributed by atoms with Crippen LogP contribution in [0.1, 0.15) is 20.4 Å². The number of anilines is 2. The van der Waals surface area contributed by atoms with Crippen LogP contribution in [-0.2, 0) is 6.54 Å². The third-order valence-electron chi connectivity index (χ3n) is 2.39. The molecule has 0 spiro atoms. The average Bonchev–Trinajstić information content (AvgIpc) is 2.40. The highest BCUT2D eigenvalue weighted by Gasteiger charge is 1.97. The summed E-state index contributed by atoms with van der Waals surface area (Å²) in [5, 5.41) is 1.05. The highest BCUT2D eigenvalue weighted by molar-refractivity contribution is 6.33. The Balaban J connectivity index is 0. The van der Waals surface area contributed by atoms with Crippen molar-refractivity contribution < 1.29 is 0 Å². The van der Waals surface area contributed by atoms with E-state index < -0.39 is 0 Å². The summed E-state index contributed by atoms with van der Waals surface area (Å²) in [6, 6.07) is 10.1. The summed E-state index contributed by atoms with van der Waals surface area (Å²) in [5.74, 6) is 0. The largest absolute Gasteiger partial charge is 0.399 e. The first kappa shape index (κ1) is 22.4. The predicted octanol–water partition coefficient (Wildman–Crippen LogP) is 5.13. The van der Waals surface area contributed by atoms with Gasteiger partial charge in [0.1, 0.15) is 0 Å². The number of benzene rings is 2. The van der Waals surface area contributed by atoms with Gasteiger partial charge in [-0.2, -0.15) is 0 Å². The lowest BCUT2D eigenvalue weighted by Crippen LogP contribution is -1.97. The van der Waals surface area contributed by atoms with Crippen molar-refractivity contribution >= 4 is 40.3 Å². The Kier molecular flexibility index (Phi) is 10.9. The monoisotopic (exact) mass is 340 g/mol. The number of hydrogen-bond acceptors (Lipinski definition) is 3. The molecule has 0 aliphatic carbocycles. The summed E-state index contributed by atoms with van der Waals surface area (Å²) in [6.45, 7) is 7.11. The molecular weight excluding hydrogens is 319 g/mol. The van der Waals surface area contributed by atoms with E-state index in [-0.39, 0.29) is 14.9 Å². The van der Waals surface area contributed by atoms with Gasteiger partial charge in [-0.3, -0.25) is 0 Å². The van der Waals surface area contributed by atoms with E-state index in [4.69, 9.17) is 47.0 Å². The summed E-state index contributed by atoms with van der Waals surface area (Å²) in [6.07, 6.45) is 0. The Hall–Kier alpha value is -1.93. The molecule has 0 saturated heterocycles. The molecule has 0 atom stereocenters. The summed E-state index contributed by atoms with van der Waals surface area (Å²) in [5.41, 5.74) is 18.8. The first-order valence-corrected chi connectivity index (χ1v) is 6.40. The standard InChI is InChI=1S/C7H5ClN2.C7H9ClN2.2CH4/c1-10-7-3-2-5(9)4-6(7)8;8-7-3-6(10)2-1-5(7)4-9;;/h2-4H,9H2;1-3H,4,9-10H2;2*1H4. The molecule has 2 rings (SSSR count). The predicted molar refractivity (Wildman–Crippen MR) is 99.3 cm³/mol. The molecule has 0 saturated carbocycles. The van der Waals surface area contributed by atoms with E-state index >= 15 is 0 Å². The molecule has 0 radical (unpaired) electrons. The molecule has 2 aromatic carbocycles. The molecule has 6 N–H and O–H groups in total. The van der Waals surface area contributed by atoms with Crippen molar-refractivity contribution in [3.8, 4) is 0 Å². The molecule has 0 aromatic heterocycles. The minimum atomic E-state index is 0. The molecule has 22 heavy (non-hydrogen) atoms. The fraction of sp³-hybridized carbons (Fsp3) is 0.188. The van der Waals surface area contributed by atoms with E-state index in [9.17, 15) is 0 Å². The van der Waals surface area contributed by atoms with Gasteiger partial charge in [0, 0.05) is 28.0 Å². The lowest BCUT2D eigenvalue weighted by atomic mass is 10.2. The highest BCUT2D eigenvalue weighted by Crippen LogP contribution is 2.26. The first-order valence-electron chi connectivity index (χ1n) is 5.64. The van der Waals surface area contributed by atoms with Crippen molar-refractivity contribution in [2.45, 2.75) is 21.4 Å². The van der Waals surface area contributed by atoms with Gasteiger partial charge in [-0.25, -0.2) is 4.85 Å². The van der Waals surface area contributed by atoms with Crippen LogP contribution in [0.25, 0.3) is 4.85 Å². The second-order valence-electron chi connectivity index (χ2n) is 3.88. The Morgan fingerprint density at radius 2 is 1.41 bits per heavy atom. The number of hydrogen-bond donors (Lipinski definition) is 3. The molecule has 0 aliphatic heterocycles. The minimum absolute atomic E-state index is 0. The summed E-state index contributed by atoms with van der Waals surface area (Å²) in [4.78, 5) is 3.17. The molecule has 0 amide bonds. The lowest BCUT2D eigenvalue weighted by Gasteiger charge is -2.00. The molecule has 6 heteroatoms. The topological polar surface area (TPSA) is 82.4 Å². The van der Waals surface area contributed by atoms with Crippen LogP contribution < -0.4 is 17.2 Å². The van der Waals surface area contributed by atoms with Gasteiger partial charge in [0.2, 0.25) is 5.69 Å². The van der Waals surface area contributed by atoms with Gasteiger partial charge in [0.15, 0.2) is 0 Å². The average molecular weight is 341 g/mol. The van der Waals surface area contributed by atoms with Crippen molar-refractivity contribution in [1.82, 2.24) is 0 Å². The van der Waals surface area contributed by atoms with E-state index in [1.54, 1.807) is 30.3 Å². The molecule has 0 unspecified atom stereocenters. The lowest BCUT2D eigenvalue weighted by molar-refractivity contribution is 1.07. The quantitative estimate of drug-likeness (QED) is 0.497. The van der Waals surface area contributed by atoms with Crippen LogP contribution in [0, 0.1) is 6.57 Å². The van der Waals surface area contributed by atoms with E-state index in [1.165, 1.54) is 0 Å². The van der Waals surface area contributed by atoms with Crippen molar-refractivity contribution in [2.24, 2.45) is 5.73 Å². The number of nitrogens with two attached hydrogens (primary N) is 3. The molecule has 120 valence electrons. The van der Waals surface area contributed by atoms with Crippen LogP contribution in [-0.4, -0.2) is 0 Å². The van der Waals surface area contributed by atoms with Crippen LogP contribution in [0.15, 0.2) is 36.4 Å². The number of halogens is 2. The van der Waals surface area contributed by atoms with Gasteiger partial charge >= 0.3 is 0 Å². The minimum Gasteiger partial charge on any atom is -0.399 e. The molecule has 0 bridgehead atoms. The van der Waals surface area contributed by atoms with Gasteiger partial charge in [-0.1, -0.05) is 50.2 Å². The van der Waals surface area contributed by atoms with Crippen molar-refractivity contribution in [3.63, 3.8) is 0 Å². The fourth-order valence-electron chi connectivity index (χ4n) is 1.34. The molecule has 2 aromatic rings. The van der Waals surface area contributed by atoms with Crippen molar-refractivity contribution in [1.29, 1.82) is 0 Å². The zero-order valence-electron chi connectivity index (χ0n) is 10.6. The highest BCUT2D eigenvalue weighted by atomic mass is 35.5. The third kappa shape index (κ3) is 6.68. The van der Waals surface area contributed by atoms with Gasteiger partial charge in [-0.15, -0.1) is 0 Å². The second kappa shape index (κ2) is 10.7. The Bertz CT molecular complexity index is 637. The number of nitrogens with zero attached hydrogens (tertiary/aromatic N) is 1. The Labute approximate surface area is 142 Å². The normalized spacial score (nSPS) is 8.45. The van der Waals surface area contributed by atoms with Crippen LogP contribution in [0.2, 0.25) is 10.0 Å². The summed E-state index contributed by atoms with van der Waals surface area (Å²) < 4.78 is 0. The number of rotatable bonds is 1. The van der Waals surface area contributed by atoms with E-state index in [2.05, 4.69) is 4.85 Å². The van der Waals surface area contributed by atoms with E-state index in [0.717, 1.165) is 5.56 Å². The summed E-state index contributed by atoms with van der Waals surface area (Å²) >= 11 is 11.4. The third-order valence-corrected chi connectivity index (χ3v) is 3.04. The SMILES string of the molecule is C.C.NCc1ccc(N)cc1Cl.[C-]#[N+]c1ccc(N)cc1Cl. The van der Waals surface area contributed by atoms with E-state index in [1.807, 2.05) is 6.07 Å². The Morgan fingerprint density at radius 3 is 1.82 bits per heavy atom. The van der Waals surface area contributed by atoms with Crippen LogP contribution >= 0.6 is 23.2 Å². The zero-order chi connectivity index (χ0) is 15.1. The van der Waals surface area contributed by atoms with Crippen molar-refractivity contribution in [3.05, 3.63) is 63.4 Å². The summed E-state index contributed by atoms with van der Waals surface area (Å²) in [7, 11) is 0. The van der Waals surface area contributed by atoms with Gasteiger partial charge < -0.3 is 17.2 Å². The molecular formula is C16H22Cl2N4. The second-order valence-corrected chi connectivity index (χ2v) is 4.69. The first-order chi connectivity index (χ1) is 9.47. The van der Waals surface area contributed by atoms with Crippen LogP contribution in [0.3, 0.4) is 0 Å². The van der Waals surface area contributed by atoms with Crippen LogP contribution in [0.4, 0.5) is 17.1 Å². The van der Waals surface area contributed by atoms with Gasteiger partial charge in [0.25, 0.3) is 0 Å².